The SMILES string of the molecule is CCCNC(=O)CCNCc1cc(C)ccc1O. The molecule has 1 rings (SSSR count). The van der Waals surface area contributed by atoms with Gasteiger partial charge in [-0.2, -0.15) is 0 Å². The summed E-state index contributed by atoms with van der Waals surface area (Å²) in [5.74, 6) is 0.362. The predicted octanol–water partition coefficient (Wildman–Crippen LogP) is 1.71. The van der Waals surface area contributed by atoms with Gasteiger partial charge in [-0.1, -0.05) is 24.6 Å². The molecule has 18 heavy (non-hydrogen) atoms. The van der Waals surface area contributed by atoms with Gasteiger partial charge in [-0.15, -0.1) is 0 Å². The lowest BCUT2D eigenvalue weighted by atomic mass is 10.1. The Balaban J connectivity index is 2.25. The van der Waals surface area contributed by atoms with Gasteiger partial charge in [0.25, 0.3) is 0 Å². The van der Waals surface area contributed by atoms with Crippen molar-refractivity contribution in [3.63, 3.8) is 0 Å². The minimum atomic E-state index is 0.0674. The van der Waals surface area contributed by atoms with Crippen LogP contribution in [0.25, 0.3) is 0 Å². The van der Waals surface area contributed by atoms with Crippen molar-refractivity contribution in [2.45, 2.75) is 33.2 Å². The zero-order valence-electron chi connectivity index (χ0n) is 11.1. The number of aryl methyl sites for hydroxylation is 1. The molecule has 0 aliphatic heterocycles. The average molecular weight is 250 g/mol. The van der Waals surface area contributed by atoms with E-state index in [-0.39, 0.29) is 5.91 Å². The highest BCUT2D eigenvalue weighted by molar-refractivity contribution is 5.75. The van der Waals surface area contributed by atoms with Crippen molar-refractivity contribution < 1.29 is 9.90 Å². The molecule has 0 saturated carbocycles. The molecule has 100 valence electrons. The maximum absolute atomic E-state index is 11.3. The fourth-order valence-corrected chi connectivity index (χ4v) is 1.63. The summed E-state index contributed by atoms with van der Waals surface area (Å²) in [6.45, 7) is 5.94. The minimum Gasteiger partial charge on any atom is -0.508 e. The topological polar surface area (TPSA) is 61.4 Å². The van der Waals surface area contributed by atoms with E-state index in [1.165, 1.54) is 0 Å². The van der Waals surface area contributed by atoms with Crippen LogP contribution in [-0.2, 0) is 11.3 Å². The number of rotatable bonds is 7. The Bertz CT molecular complexity index is 391. The van der Waals surface area contributed by atoms with Crippen LogP contribution >= 0.6 is 0 Å². The maximum Gasteiger partial charge on any atom is 0.221 e. The molecule has 0 heterocycles. The van der Waals surface area contributed by atoms with E-state index in [2.05, 4.69) is 10.6 Å². The fraction of sp³-hybridized carbons (Fsp3) is 0.500. The summed E-state index contributed by atoms with van der Waals surface area (Å²) in [5.41, 5.74) is 1.98. The van der Waals surface area contributed by atoms with Crippen molar-refractivity contribution >= 4 is 5.91 Å². The van der Waals surface area contributed by atoms with Crippen LogP contribution < -0.4 is 10.6 Å². The highest BCUT2D eigenvalue weighted by Crippen LogP contribution is 2.17. The Hall–Kier alpha value is -1.55. The van der Waals surface area contributed by atoms with Gasteiger partial charge < -0.3 is 15.7 Å². The van der Waals surface area contributed by atoms with Crippen molar-refractivity contribution in [3.8, 4) is 5.75 Å². The van der Waals surface area contributed by atoms with Crippen LogP contribution in [0.1, 0.15) is 30.9 Å². The molecule has 0 saturated heterocycles. The molecular weight excluding hydrogens is 228 g/mol. The monoisotopic (exact) mass is 250 g/mol. The molecule has 0 aromatic heterocycles. The van der Waals surface area contributed by atoms with Gasteiger partial charge >= 0.3 is 0 Å². The second kappa shape index (κ2) is 7.71. The van der Waals surface area contributed by atoms with Crippen molar-refractivity contribution in [3.05, 3.63) is 29.3 Å². The van der Waals surface area contributed by atoms with E-state index < -0.39 is 0 Å². The smallest absolute Gasteiger partial charge is 0.221 e. The first-order valence-corrected chi connectivity index (χ1v) is 6.39. The van der Waals surface area contributed by atoms with Crippen LogP contribution in [0.3, 0.4) is 0 Å². The molecule has 0 aliphatic carbocycles. The molecule has 3 N–H and O–H groups in total. The standard InChI is InChI=1S/C14H22N2O2/c1-3-7-16-14(18)6-8-15-10-12-9-11(2)4-5-13(12)17/h4-5,9,15,17H,3,6-8,10H2,1-2H3,(H,16,18). The first kappa shape index (κ1) is 14.5. The summed E-state index contributed by atoms with van der Waals surface area (Å²) in [7, 11) is 0. The number of amides is 1. The van der Waals surface area contributed by atoms with Crippen molar-refractivity contribution in [2.24, 2.45) is 0 Å². The van der Waals surface area contributed by atoms with Crippen LogP contribution in [0.2, 0.25) is 0 Å². The summed E-state index contributed by atoms with van der Waals surface area (Å²) >= 11 is 0. The second-order valence-corrected chi connectivity index (χ2v) is 4.41. The Kier molecular flexibility index (Phi) is 6.22. The van der Waals surface area contributed by atoms with Crippen molar-refractivity contribution in [1.82, 2.24) is 10.6 Å². The molecule has 1 aromatic carbocycles. The number of phenolic OH excluding ortho intramolecular Hbond substituents is 1. The van der Waals surface area contributed by atoms with Gasteiger partial charge in [-0.25, -0.2) is 0 Å². The molecule has 4 heteroatoms. The summed E-state index contributed by atoms with van der Waals surface area (Å²) in [6, 6.07) is 5.51. The number of carbonyl (C=O) groups is 1. The lowest BCUT2D eigenvalue weighted by molar-refractivity contribution is -0.120. The summed E-state index contributed by atoms with van der Waals surface area (Å²) in [4.78, 5) is 11.3. The fourth-order valence-electron chi connectivity index (χ4n) is 1.63. The number of hydrogen-bond donors (Lipinski definition) is 3. The third-order valence-electron chi connectivity index (χ3n) is 2.65. The van der Waals surface area contributed by atoms with Gasteiger partial charge in [0.05, 0.1) is 0 Å². The average Bonchev–Trinajstić information content (AvgIpc) is 2.36. The molecular formula is C14H22N2O2. The Morgan fingerprint density at radius 1 is 1.33 bits per heavy atom. The highest BCUT2D eigenvalue weighted by Gasteiger charge is 2.02. The van der Waals surface area contributed by atoms with Gasteiger partial charge in [0.1, 0.15) is 5.75 Å². The van der Waals surface area contributed by atoms with Crippen LogP contribution in [0, 0.1) is 6.92 Å². The van der Waals surface area contributed by atoms with Crippen LogP contribution in [0.4, 0.5) is 0 Å². The molecule has 1 aromatic rings. The van der Waals surface area contributed by atoms with Crippen molar-refractivity contribution in [1.29, 1.82) is 0 Å². The Labute approximate surface area is 108 Å². The van der Waals surface area contributed by atoms with E-state index in [9.17, 15) is 9.90 Å². The molecule has 0 fully saturated rings. The molecule has 4 nitrogen and oxygen atoms in total. The van der Waals surface area contributed by atoms with Crippen LogP contribution in [0.5, 0.6) is 5.75 Å². The van der Waals surface area contributed by atoms with E-state index in [1.807, 2.05) is 26.0 Å². The third kappa shape index (κ3) is 5.19. The number of aromatic hydroxyl groups is 1. The molecule has 0 spiro atoms. The minimum absolute atomic E-state index is 0.0674. The van der Waals surface area contributed by atoms with E-state index >= 15 is 0 Å². The molecule has 1 amide bonds. The van der Waals surface area contributed by atoms with E-state index in [1.54, 1.807) is 6.07 Å². The van der Waals surface area contributed by atoms with Crippen molar-refractivity contribution in [2.75, 3.05) is 13.1 Å². The largest absolute Gasteiger partial charge is 0.508 e. The Morgan fingerprint density at radius 3 is 2.83 bits per heavy atom. The number of hydrogen-bond acceptors (Lipinski definition) is 3. The number of carbonyl (C=O) groups excluding carboxylic acids is 1. The first-order valence-electron chi connectivity index (χ1n) is 6.39. The highest BCUT2D eigenvalue weighted by atomic mass is 16.3. The number of benzene rings is 1. The van der Waals surface area contributed by atoms with Crippen LogP contribution in [-0.4, -0.2) is 24.1 Å². The second-order valence-electron chi connectivity index (χ2n) is 4.41. The lowest BCUT2D eigenvalue weighted by Gasteiger charge is -2.08. The van der Waals surface area contributed by atoms with Gasteiger partial charge in [-0.3, -0.25) is 4.79 Å². The first-order chi connectivity index (χ1) is 8.63. The number of phenols is 1. The molecule has 0 radical (unpaired) electrons. The summed E-state index contributed by atoms with van der Waals surface area (Å²) < 4.78 is 0. The van der Waals surface area contributed by atoms with Gasteiger partial charge in [-0.05, 0) is 19.4 Å². The predicted molar refractivity (Wildman–Crippen MR) is 72.5 cm³/mol. The third-order valence-corrected chi connectivity index (χ3v) is 2.65. The quantitative estimate of drug-likeness (QED) is 0.646. The maximum atomic E-state index is 11.3. The lowest BCUT2D eigenvalue weighted by Crippen LogP contribution is -2.28. The zero-order valence-corrected chi connectivity index (χ0v) is 11.1. The zero-order chi connectivity index (χ0) is 13.4. The number of nitrogens with one attached hydrogen (secondary N) is 2. The van der Waals surface area contributed by atoms with E-state index in [0.717, 1.165) is 24.1 Å². The molecule has 0 aliphatic rings. The molecule has 0 unspecified atom stereocenters. The van der Waals surface area contributed by atoms with E-state index in [0.29, 0.717) is 25.3 Å². The van der Waals surface area contributed by atoms with Gasteiger partial charge in [0.15, 0.2) is 0 Å². The van der Waals surface area contributed by atoms with Crippen LogP contribution in [0.15, 0.2) is 18.2 Å². The Morgan fingerprint density at radius 2 is 2.11 bits per heavy atom. The molecule has 0 atom stereocenters. The summed E-state index contributed by atoms with van der Waals surface area (Å²) in [5, 5.41) is 15.6. The molecule has 0 bridgehead atoms. The summed E-state index contributed by atoms with van der Waals surface area (Å²) in [6.07, 6.45) is 1.42. The van der Waals surface area contributed by atoms with E-state index in [4.69, 9.17) is 0 Å². The van der Waals surface area contributed by atoms with Gasteiger partial charge in [0.2, 0.25) is 5.91 Å². The van der Waals surface area contributed by atoms with Gasteiger partial charge in [0, 0.05) is 31.6 Å². The normalized spacial score (nSPS) is 10.3.